The molecule has 5 nitrogen and oxygen atoms in total. The fourth-order valence-electron chi connectivity index (χ4n) is 2.12. The summed E-state index contributed by atoms with van der Waals surface area (Å²) in [5.41, 5.74) is 1.22. The number of rotatable bonds is 10. The van der Waals surface area contributed by atoms with Gasteiger partial charge in [-0.25, -0.2) is 0 Å². The zero-order valence-electron chi connectivity index (χ0n) is 13.0. The summed E-state index contributed by atoms with van der Waals surface area (Å²) >= 11 is 3.63. The van der Waals surface area contributed by atoms with Crippen LogP contribution in [0.5, 0.6) is 0 Å². The van der Waals surface area contributed by atoms with Gasteiger partial charge in [0, 0.05) is 7.11 Å². The highest BCUT2D eigenvalue weighted by Gasteiger charge is 2.19. The molecule has 0 aliphatic carbocycles. The van der Waals surface area contributed by atoms with Crippen molar-refractivity contribution in [1.29, 1.82) is 0 Å². The van der Waals surface area contributed by atoms with Crippen LogP contribution >= 0.6 is 15.9 Å². The molecule has 1 aromatic heterocycles. The summed E-state index contributed by atoms with van der Waals surface area (Å²) in [6.07, 6.45) is 4.06. The first-order valence-corrected chi connectivity index (χ1v) is 7.97. The van der Waals surface area contributed by atoms with Gasteiger partial charge in [-0.15, -0.1) is 0 Å². The van der Waals surface area contributed by atoms with Crippen molar-refractivity contribution in [2.75, 3.05) is 40.9 Å². The van der Waals surface area contributed by atoms with E-state index in [4.69, 9.17) is 4.74 Å². The molecule has 6 heteroatoms. The lowest BCUT2D eigenvalue weighted by Gasteiger charge is -2.22. The van der Waals surface area contributed by atoms with Crippen LogP contribution in [0, 0.1) is 0 Å². The molecule has 0 aliphatic rings. The Balaban J connectivity index is 2.83. The van der Waals surface area contributed by atoms with E-state index in [0.717, 1.165) is 36.9 Å². The average Bonchev–Trinajstić information content (AvgIpc) is 2.78. The number of ether oxygens (including phenoxy) is 1. The quantitative estimate of drug-likeness (QED) is 0.705. The van der Waals surface area contributed by atoms with Crippen molar-refractivity contribution in [2.24, 2.45) is 0 Å². The van der Waals surface area contributed by atoms with E-state index < -0.39 is 0 Å². The molecular formula is C14H27BrN4O. The van der Waals surface area contributed by atoms with E-state index in [-0.39, 0.29) is 0 Å². The molecule has 0 radical (unpaired) electrons. The van der Waals surface area contributed by atoms with Crippen LogP contribution < -0.4 is 5.32 Å². The minimum Gasteiger partial charge on any atom is -0.383 e. The smallest absolute Gasteiger partial charge is 0.0697 e. The Morgan fingerprint density at radius 1 is 1.50 bits per heavy atom. The number of hydrogen-bond donors (Lipinski definition) is 1. The van der Waals surface area contributed by atoms with Gasteiger partial charge in [-0.2, -0.15) is 5.10 Å². The molecule has 1 heterocycles. The van der Waals surface area contributed by atoms with Gasteiger partial charge in [-0.05, 0) is 56.0 Å². The van der Waals surface area contributed by atoms with Crippen LogP contribution in [-0.4, -0.2) is 55.6 Å². The Hall–Kier alpha value is -0.430. The van der Waals surface area contributed by atoms with Crippen LogP contribution in [0.3, 0.4) is 0 Å². The maximum absolute atomic E-state index is 5.16. The van der Waals surface area contributed by atoms with Gasteiger partial charge in [0.2, 0.25) is 0 Å². The van der Waals surface area contributed by atoms with Gasteiger partial charge in [0.05, 0.1) is 35.6 Å². The third-order valence-corrected chi connectivity index (χ3v) is 3.79. The summed E-state index contributed by atoms with van der Waals surface area (Å²) in [5, 5.41) is 8.07. The predicted octanol–water partition coefficient (Wildman–Crippen LogP) is 2.28. The largest absolute Gasteiger partial charge is 0.383 e. The van der Waals surface area contributed by atoms with Crippen LogP contribution in [0.2, 0.25) is 0 Å². The first-order chi connectivity index (χ1) is 9.60. The first kappa shape index (κ1) is 17.6. The fourth-order valence-corrected chi connectivity index (χ4v) is 2.69. The molecule has 0 spiro atoms. The minimum atomic E-state index is 0.311. The average molecular weight is 347 g/mol. The highest BCUT2D eigenvalue weighted by molar-refractivity contribution is 9.10. The van der Waals surface area contributed by atoms with Crippen molar-refractivity contribution >= 4 is 15.9 Å². The second-order valence-corrected chi connectivity index (χ2v) is 6.05. The van der Waals surface area contributed by atoms with Crippen LogP contribution in [0.25, 0.3) is 0 Å². The predicted molar refractivity (Wildman–Crippen MR) is 86.0 cm³/mol. The van der Waals surface area contributed by atoms with E-state index in [9.17, 15) is 0 Å². The monoisotopic (exact) mass is 346 g/mol. The third-order valence-electron chi connectivity index (χ3n) is 3.18. The van der Waals surface area contributed by atoms with Gasteiger partial charge in [-0.1, -0.05) is 6.92 Å². The van der Waals surface area contributed by atoms with Crippen molar-refractivity contribution in [3.63, 3.8) is 0 Å². The van der Waals surface area contributed by atoms with Gasteiger partial charge in [0.25, 0.3) is 0 Å². The SMILES string of the molecule is CCCNC(CCN(C)C)c1c(Br)cnn1CCOC. The zero-order chi connectivity index (χ0) is 15.0. The van der Waals surface area contributed by atoms with E-state index in [1.807, 2.05) is 10.9 Å². The van der Waals surface area contributed by atoms with Crippen LogP contribution in [0.15, 0.2) is 10.7 Å². The Bertz CT molecular complexity index is 381. The van der Waals surface area contributed by atoms with Crippen molar-refractivity contribution < 1.29 is 4.74 Å². The molecule has 0 aliphatic heterocycles. The standard InChI is InChI=1S/C14H27BrN4O/c1-5-7-16-13(6-8-18(2)3)14-12(15)11-17-19(14)9-10-20-4/h11,13,16H,5-10H2,1-4H3. The zero-order valence-corrected chi connectivity index (χ0v) is 14.6. The topological polar surface area (TPSA) is 42.3 Å². The second-order valence-electron chi connectivity index (χ2n) is 5.19. The lowest BCUT2D eigenvalue weighted by atomic mass is 10.1. The molecule has 0 fully saturated rings. The molecule has 0 amide bonds. The van der Waals surface area contributed by atoms with Crippen molar-refractivity contribution in [2.45, 2.75) is 32.4 Å². The third kappa shape index (κ3) is 5.52. The van der Waals surface area contributed by atoms with Gasteiger partial charge in [0.1, 0.15) is 0 Å². The van der Waals surface area contributed by atoms with Crippen molar-refractivity contribution in [3.05, 3.63) is 16.4 Å². The Kier molecular flexibility index (Phi) is 8.37. The lowest BCUT2D eigenvalue weighted by molar-refractivity contribution is 0.181. The minimum absolute atomic E-state index is 0.311. The molecule has 0 saturated heterocycles. The lowest BCUT2D eigenvalue weighted by Crippen LogP contribution is -2.29. The molecule has 116 valence electrons. The van der Waals surface area contributed by atoms with Gasteiger partial charge in [0.15, 0.2) is 0 Å². The molecular weight excluding hydrogens is 320 g/mol. The van der Waals surface area contributed by atoms with Crippen LogP contribution in [-0.2, 0) is 11.3 Å². The second kappa shape index (κ2) is 9.50. The van der Waals surface area contributed by atoms with Gasteiger partial charge in [-0.3, -0.25) is 4.68 Å². The summed E-state index contributed by atoms with van der Waals surface area (Å²) in [6, 6.07) is 0.311. The first-order valence-electron chi connectivity index (χ1n) is 7.18. The molecule has 20 heavy (non-hydrogen) atoms. The number of nitrogens with zero attached hydrogens (tertiary/aromatic N) is 3. The number of hydrogen-bond acceptors (Lipinski definition) is 4. The summed E-state index contributed by atoms with van der Waals surface area (Å²) in [5.74, 6) is 0. The highest BCUT2D eigenvalue weighted by atomic mass is 79.9. The molecule has 1 aromatic rings. The maximum Gasteiger partial charge on any atom is 0.0697 e. The molecule has 1 rings (SSSR count). The normalized spacial score (nSPS) is 13.1. The van der Waals surface area contributed by atoms with Crippen LogP contribution in [0.4, 0.5) is 0 Å². The Morgan fingerprint density at radius 3 is 2.85 bits per heavy atom. The van der Waals surface area contributed by atoms with Crippen molar-refractivity contribution in [1.82, 2.24) is 20.0 Å². The molecule has 1 N–H and O–H groups in total. The van der Waals surface area contributed by atoms with Crippen molar-refractivity contribution in [3.8, 4) is 0 Å². The van der Waals surface area contributed by atoms with E-state index in [2.05, 4.69) is 52.3 Å². The van der Waals surface area contributed by atoms with E-state index >= 15 is 0 Å². The number of aromatic nitrogens is 2. The molecule has 0 saturated carbocycles. The molecule has 0 bridgehead atoms. The number of nitrogens with one attached hydrogen (secondary N) is 1. The van der Waals surface area contributed by atoms with Gasteiger partial charge >= 0.3 is 0 Å². The van der Waals surface area contributed by atoms with E-state index in [0.29, 0.717) is 12.6 Å². The summed E-state index contributed by atoms with van der Waals surface area (Å²) < 4.78 is 8.27. The molecule has 1 unspecified atom stereocenters. The summed E-state index contributed by atoms with van der Waals surface area (Å²) in [6.45, 7) is 5.70. The van der Waals surface area contributed by atoms with E-state index in [1.54, 1.807) is 7.11 Å². The Morgan fingerprint density at radius 2 is 2.25 bits per heavy atom. The number of methoxy groups -OCH3 is 1. The maximum atomic E-state index is 5.16. The molecule has 0 aromatic carbocycles. The fraction of sp³-hybridized carbons (Fsp3) is 0.786. The Labute approximate surface area is 130 Å². The summed E-state index contributed by atoms with van der Waals surface area (Å²) in [7, 11) is 5.93. The summed E-state index contributed by atoms with van der Waals surface area (Å²) in [4.78, 5) is 2.21. The van der Waals surface area contributed by atoms with Crippen LogP contribution in [0.1, 0.15) is 31.5 Å². The van der Waals surface area contributed by atoms with E-state index in [1.165, 1.54) is 5.69 Å². The molecule has 1 atom stereocenters. The van der Waals surface area contributed by atoms with Gasteiger partial charge < -0.3 is 15.0 Å². The highest BCUT2D eigenvalue weighted by Crippen LogP contribution is 2.26. The number of halogens is 1.